The van der Waals surface area contributed by atoms with Gasteiger partial charge in [-0.3, -0.25) is 14.4 Å². The van der Waals surface area contributed by atoms with Crippen molar-refractivity contribution in [3.63, 3.8) is 0 Å². The number of carbonyl (C=O) groups is 2. The van der Waals surface area contributed by atoms with Gasteiger partial charge in [0.15, 0.2) is 5.78 Å². The van der Waals surface area contributed by atoms with E-state index in [2.05, 4.69) is 10.4 Å². The highest BCUT2D eigenvalue weighted by Gasteiger charge is 2.11. The number of nitrogens with one attached hydrogen (secondary N) is 1. The van der Waals surface area contributed by atoms with E-state index in [0.29, 0.717) is 16.8 Å². The zero-order valence-electron chi connectivity index (χ0n) is 14.5. The van der Waals surface area contributed by atoms with Gasteiger partial charge in [-0.1, -0.05) is 12.1 Å². The van der Waals surface area contributed by atoms with Crippen molar-refractivity contribution in [2.24, 2.45) is 0 Å². The van der Waals surface area contributed by atoms with E-state index < -0.39 is 17.3 Å². The van der Waals surface area contributed by atoms with Gasteiger partial charge in [0.2, 0.25) is 0 Å². The number of nitrogens with zero attached hydrogens (tertiary/aromatic N) is 2. The molecule has 0 bridgehead atoms. The first-order valence-corrected chi connectivity index (χ1v) is 8.17. The van der Waals surface area contributed by atoms with Crippen LogP contribution < -0.4 is 10.9 Å². The van der Waals surface area contributed by atoms with Gasteiger partial charge in [-0.05, 0) is 55.0 Å². The number of benzene rings is 2. The Hall–Kier alpha value is -3.61. The number of hydrogen-bond donors (Lipinski definition) is 1. The quantitative estimate of drug-likeness (QED) is 0.705. The molecule has 1 heterocycles. The molecule has 0 saturated heterocycles. The van der Waals surface area contributed by atoms with Crippen LogP contribution in [0.25, 0.3) is 0 Å². The highest BCUT2D eigenvalue weighted by Crippen LogP contribution is 2.11. The largest absolute Gasteiger partial charge is 0.321 e. The van der Waals surface area contributed by atoms with Crippen molar-refractivity contribution in [2.45, 2.75) is 13.5 Å². The number of anilines is 1. The summed E-state index contributed by atoms with van der Waals surface area (Å²) in [6.07, 6.45) is 0. The summed E-state index contributed by atoms with van der Waals surface area (Å²) >= 11 is 0. The number of aromatic nitrogens is 2. The molecule has 27 heavy (non-hydrogen) atoms. The summed E-state index contributed by atoms with van der Waals surface area (Å²) in [5.41, 5.74) is 1.23. The average Bonchev–Trinajstić information content (AvgIpc) is 2.64. The molecule has 7 heteroatoms. The number of carbonyl (C=O) groups excluding carboxylic acids is 2. The molecule has 0 aliphatic carbocycles. The summed E-state index contributed by atoms with van der Waals surface area (Å²) in [6, 6.07) is 14.8. The zero-order valence-corrected chi connectivity index (χ0v) is 14.5. The number of rotatable bonds is 5. The first-order chi connectivity index (χ1) is 12.9. The third-order valence-corrected chi connectivity index (χ3v) is 3.87. The van der Waals surface area contributed by atoms with Crippen molar-refractivity contribution in [3.05, 3.63) is 93.7 Å². The Morgan fingerprint density at radius 2 is 1.81 bits per heavy atom. The second-order valence-electron chi connectivity index (χ2n) is 5.93. The molecule has 136 valence electrons. The fourth-order valence-electron chi connectivity index (χ4n) is 2.47. The van der Waals surface area contributed by atoms with Gasteiger partial charge in [0, 0.05) is 17.3 Å². The summed E-state index contributed by atoms with van der Waals surface area (Å²) in [7, 11) is 0. The molecule has 2 aromatic carbocycles. The van der Waals surface area contributed by atoms with Crippen molar-refractivity contribution in [1.29, 1.82) is 0 Å². The third kappa shape index (κ3) is 4.52. The number of halogens is 1. The predicted molar refractivity (Wildman–Crippen MR) is 98.4 cm³/mol. The van der Waals surface area contributed by atoms with E-state index in [1.54, 1.807) is 30.3 Å². The van der Waals surface area contributed by atoms with E-state index >= 15 is 0 Å². The number of amides is 1. The fourth-order valence-corrected chi connectivity index (χ4v) is 2.47. The van der Waals surface area contributed by atoms with Gasteiger partial charge in [0.1, 0.15) is 11.5 Å². The summed E-state index contributed by atoms with van der Waals surface area (Å²) in [5.74, 6) is -0.985. The van der Waals surface area contributed by atoms with E-state index in [9.17, 15) is 18.8 Å². The van der Waals surface area contributed by atoms with Crippen LogP contribution in [0.3, 0.4) is 0 Å². The predicted octanol–water partition coefficient (Wildman–Crippen LogP) is 2.89. The summed E-state index contributed by atoms with van der Waals surface area (Å²) in [4.78, 5) is 35.7. The van der Waals surface area contributed by atoms with E-state index in [1.807, 2.05) is 0 Å². The molecule has 0 saturated carbocycles. The SMILES string of the molecule is CC(=O)c1ccc(NC(=O)c2ccc(=O)n(Cc3cccc(F)c3)n2)cc1. The first-order valence-electron chi connectivity index (χ1n) is 8.17. The minimum Gasteiger partial charge on any atom is -0.321 e. The lowest BCUT2D eigenvalue weighted by atomic mass is 10.1. The van der Waals surface area contributed by atoms with Crippen LogP contribution in [0.5, 0.6) is 0 Å². The maximum absolute atomic E-state index is 13.3. The zero-order chi connectivity index (χ0) is 19.4. The summed E-state index contributed by atoms with van der Waals surface area (Å²) < 4.78 is 14.4. The number of hydrogen-bond acceptors (Lipinski definition) is 4. The minimum atomic E-state index is -0.501. The highest BCUT2D eigenvalue weighted by atomic mass is 19.1. The first kappa shape index (κ1) is 18.2. The number of Topliss-reactive ketones (excluding diaryl/α,β-unsaturated/α-hetero) is 1. The highest BCUT2D eigenvalue weighted by molar-refractivity contribution is 6.03. The molecule has 6 nitrogen and oxygen atoms in total. The standard InChI is InChI=1S/C20H16FN3O3/c1-13(25)15-5-7-17(8-6-15)22-20(27)18-9-10-19(26)24(23-18)12-14-3-2-4-16(21)11-14/h2-11H,12H2,1H3,(H,22,27). The van der Waals surface area contributed by atoms with Gasteiger partial charge in [0.25, 0.3) is 11.5 Å². The van der Waals surface area contributed by atoms with Crippen LogP contribution in [0.2, 0.25) is 0 Å². The van der Waals surface area contributed by atoms with E-state index in [1.165, 1.54) is 37.3 Å². The molecule has 0 unspecified atom stereocenters. The topological polar surface area (TPSA) is 81.1 Å². The Morgan fingerprint density at radius 1 is 1.07 bits per heavy atom. The van der Waals surface area contributed by atoms with Crippen LogP contribution in [-0.2, 0) is 6.54 Å². The van der Waals surface area contributed by atoms with Crippen molar-refractivity contribution < 1.29 is 14.0 Å². The van der Waals surface area contributed by atoms with Crippen molar-refractivity contribution in [2.75, 3.05) is 5.32 Å². The average molecular weight is 365 g/mol. The van der Waals surface area contributed by atoms with Gasteiger partial charge >= 0.3 is 0 Å². The van der Waals surface area contributed by atoms with Crippen molar-refractivity contribution >= 4 is 17.4 Å². The molecular weight excluding hydrogens is 349 g/mol. The second-order valence-corrected chi connectivity index (χ2v) is 5.93. The molecular formula is C20H16FN3O3. The van der Waals surface area contributed by atoms with Gasteiger partial charge in [0.05, 0.1) is 6.54 Å². The van der Waals surface area contributed by atoms with E-state index in [4.69, 9.17) is 0 Å². The van der Waals surface area contributed by atoms with E-state index in [0.717, 1.165) is 4.68 Å². The lowest BCUT2D eigenvalue weighted by Crippen LogP contribution is -2.26. The fraction of sp³-hybridized carbons (Fsp3) is 0.100. The van der Waals surface area contributed by atoms with Crippen molar-refractivity contribution in [3.8, 4) is 0 Å². The van der Waals surface area contributed by atoms with Gasteiger partial charge in [-0.15, -0.1) is 0 Å². The lowest BCUT2D eigenvalue weighted by molar-refractivity contribution is 0.101. The normalized spacial score (nSPS) is 10.4. The molecule has 0 radical (unpaired) electrons. The molecule has 0 spiro atoms. The second kappa shape index (κ2) is 7.74. The molecule has 1 amide bonds. The lowest BCUT2D eigenvalue weighted by Gasteiger charge is -2.08. The molecule has 1 aromatic heterocycles. The maximum atomic E-state index is 13.3. The molecule has 1 N–H and O–H groups in total. The molecule has 0 aliphatic heterocycles. The smallest absolute Gasteiger partial charge is 0.276 e. The Labute approximate surface area is 154 Å². The molecule has 0 aliphatic rings. The molecule has 3 rings (SSSR count). The summed E-state index contributed by atoms with van der Waals surface area (Å²) in [6.45, 7) is 1.50. The van der Waals surface area contributed by atoms with Crippen LogP contribution in [0.15, 0.2) is 65.5 Å². The molecule has 0 atom stereocenters. The minimum absolute atomic E-state index is 0.0432. The van der Waals surface area contributed by atoms with Gasteiger partial charge in [-0.2, -0.15) is 5.10 Å². The monoisotopic (exact) mass is 365 g/mol. The summed E-state index contributed by atoms with van der Waals surface area (Å²) in [5, 5.41) is 6.71. The molecule has 3 aromatic rings. The van der Waals surface area contributed by atoms with Crippen LogP contribution in [0, 0.1) is 5.82 Å². The van der Waals surface area contributed by atoms with Crippen LogP contribution in [-0.4, -0.2) is 21.5 Å². The maximum Gasteiger partial charge on any atom is 0.276 e. The Kier molecular flexibility index (Phi) is 5.21. The van der Waals surface area contributed by atoms with Crippen LogP contribution in [0.4, 0.5) is 10.1 Å². The van der Waals surface area contributed by atoms with Gasteiger partial charge < -0.3 is 5.32 Å². The van der Waals surface area contributed by atoms with E-state index in [-0.39, 0.29) is 18.0 Å². The Morgan fingerprint density at radius 3 is 2.48 bits per heavy atom. The third-order valence-electron chi connectivity index (χ3n) is 3.87. The Bertz CT molecular complexity index is 1060. The van der Waals surface area contributed by atoms with Gasteiger partial charge in [-0.25, -0.2) is 9.07 Å². The molecule has 0 fully saturated rings. The van der Waals surface area contributed by atoms with Crippen LogP contribution >= 0.6 is 0 Å². The Balaban J connectivity index is 1.79. The van der Waals surface area contributed by atoms with Crippen LogP contribution in [0.1, 0.15) is 33.3 Å². The van der Waals surface area contributed by atoms with Crippen molar-refractivity contribution in [1.82, 2.24) is 9.78 Å². The number of ketones is 1.